The van der Waals surface area contributed by atoms with Gasteiger partial charge in [0.05, 0.1) is 6.04 Å². The zero-order chi connectivity index (χ0) is 13.0. The maximum Gasteiger partial charge on any atom is 0.237 e. The molecule has 1 aliphatic heterocycles. The lowest BCUT2D eigenvalue weighted by Crippen LogP contribution is -2.48. The molecule has 1 amide bonds. The number of likely N-dealkylation sites (tertiary alicyclic amines) is 1. The molecule has 0 spiro atoms. The van der Waals surface area contributed by atoms with E-state index in [0.717, 1.165) is 25.9 Å². The fourth-order valence-electron chi connectivity index (χ4n) is 2.50. The van der Waals surface area contributed by atoms with E-state index in [1.807, 2.05) is 13.8 Å². The Morgan fingerprint density at radius 3 is 2.56 bits per heavy atom. The molecule has 4 atom stereocenters. The van der Waals surface area contributed by atoms with E-state index >= 15 is 0 Å². The average Bonchev–Trinajstić information content (AvgIpc) is 2.69. The molecule has 0 aromatic rings. The number of nitrogens with one attached hydrogen (secondary N) is 1. The third-order valence-electron chi connectivity index (χ3n) is 3.92. The monoisotopic (exact) mass is 277 g/mol. The predicted octanol–water partition coefficient (Wildman–Crippen LogP) is 1.38. The lowest BCUT2D eigenvalue weighted by Gasteiger charge is -2.28. The molecule has 0 saturated carbocycles. The second-order valence-electron chi connectivity index (χ2n) is 5.38. The number of amides is 1. The Bertz CT molecular complexity index is 263. The number of hydrogen-bond acceptors (Lipinski definition) is 3. The first-order valence-electron chi connectivity index (χ1n) is 6.75. The molecular weight excluding hydrogens is 250 g/mol. The van der Waals surface area contributed by atoms with E-state index in [4.69, 9.17) is 5.73 Å². The Hall–Kier alpha value is -0.320. The summed E-state index contributed by atoms with van der Waals surface area (Å²) >= 11 is 0. The van der Waals surface area contributed by atoms with Gasteiger partial charge < -0.3 is 11.1 Å². The summed E-state index contributed by atoms with van der Waals surface area (Å²) in [6.07, 6.45) is 2.08. The minimum absolute atomic E-state index is 0. The molecule has 4 nitrogen and oxygen atoms in total. The Balaban J connectivity index is 0.00000289. The van der Waals surface area contributed by atoms with Crippen LogP contribution in [0.2, 0.25) is 0 Å². The molecule has 1 aliphatic rings. The van der Waals surface area contributed by atoms with Crippen LogP contribution < -0.4 is 11.1 Å². The summed E-state index contributed by atoms with van der Waals surface area (Å²) in [6, 6.07) is 0.671. The highest BCUT2D eigenvalue weighted by Gasteiger charge is 2.34. The quantitative estimate of drug-likeness (QED) is 0.798. The van der Waals surface area contributed by atoms with E-state index < -0.39 is 0 Å². The molecule has 0 bridgehead atoms. The number of carbonyl (C=O) groups is 1. The van der Waals surface area contributed by atoms with Crippen molar-refractivity contribution in [2.24, 2.45) is 11.7 Å². The third kappa shape index (κ3) is 4.41. The van der Waals surface area contributed by atoms with Crippen molar-refractivity contribution in [3.8, 4) is 0 Å². The SMILES string of the molecule is CCC(C)NC(=O)C(C)N1CC(CN)CC1C.Cl. The predicted molar refractivity (Wildman–Crippen MR) is 77.9 cm³/mol. The summed E-state index contributed by atoms with van der Waals surface area (Å²) in [5.74, 6) is 0.688. The van der Waals surface area contributed by atoms with Crippen LogP contribution in [-0.4, -0.2) is 42.0 Å². The van der Waals surface area contributed by atoms with Crippen LogP contribution in [0, 0.1) is 5.92 Å². The molecular formula is C13H28ClN3O. The summed E-state index contributed by atoms with van der Waals surface area (Å²) in [6.45, 7) is 9.97. The van der Waals surface area contributed by atoms with E-state index in [1.54, 1.807) is 0 Å². The van der Waals surface area contributed by atoms with Gasteiger partial charge in [-0.1, -0.05) is 6.92 Å². The van der Waals surface area contributed by atoms with E-state index in [1.165, 1.54) is 0 Å². The van der Waals surface area contributed by atoms with Crippen LogP contribution in [0.5, 0.6) is 0 Å². The summed E-state index contributed by atoms with van der Waals surface area (Å²) in [5.41, 5.74) is 5.71. The normalized spacial score (nSPS) is 27.4. The van der Waals surface area contributed by atoms with Crippen LogP contribution >= 0.6 is 12.4 Å². The Morgan fingerprint density at radius 1 is 1.50 bits per heavy atom. The smallest absolute Gasteiger partial charge is 0.237 e. The van der Waals surface area contributed by atoms with E-state index in [2.05, 4.69) is 24.1 Å². The summed E-state index contributed by atoms with van der Waals surface area (Å²) in [7, 11) is 0. The summed E-state index contributed by atoms with van der Waals surface area (Å²) in [4.78, 5) is 14.3. The first kappa shape index (κ1) is 17.7. The van der Waals surface area contributed by atoms with Gasteiger partial charge in [0.25, 0.3) is 0 Å². The van der Waals surface area contributed by atoms with Crippen LogP contribution in [0.3, 0.4) is 0 Å². The first-order valence-corrected chi connectivity index (χ1v) is 6.75. The van der Waals surface area contributed by atoms with Gasteiger partial charge in [-0.2, -0.15) is 0 Å². The van der Waals surface area contributed by atoms with E-state index in [-0.39, 0.29) is 30.4 Å². The Kier molecular flexibility index (Phi) is 7.83. The molecule has 3 N–H and O–H groups in total. The zero-order valence-corrected chi connectivity index (χ0v) is 12.8. The maximum atomic E-state index is 12.1. The van der Waals surface area contributed by atoms with Gasteiger partial charge >= 0.3 is 0 Å². The summed E-state index contributed by atoms with van der Waals surface area (Å²) < 4.78 is 0. The topological polar surface area (TPSA) is 58.4 Å². The number of rotatable bonds is 5. The fourth-order valence-corrected chi connectivity index (χ4v) is 2.50. The van der Waals surface area contributed by atoms with Crippen LogP contribution in [0.15, 0.2) is 0 Å². The lowest BCUT2D eigenvalue weighted by molar-refractivity contribution is -0.126. The standard InChI is InChI=1S/C13H27N3O.ClH/c1-5-9(2)15-13(17)11(4)16-8-12(7-14)6-10(16)3;/h9-12H,5-8,14H2,1-4H3,(H,15,17);1H. The van der Waals surface area contributed by atoms with Crippen molar-refractivity contribution in [2.75, 3.05) is 13.1 Å². The number of nitrogens with two attached hydrogens (primary N) is 1. The van der Waals surface area contributed by atoms with Gasteiger partial charge in [0.15, 0.2) is 0 Å². The molecule has 0 aromatic heterocycles. The van der Waals surface area contributed by atoms with Crippen molar-refractivity contribution < 1.29 is 4.79 Å². The molecule has 0 aliphatic carbocycles. The van der Waals surface area contributed by atoms with Crippen molar-refractivity contribution >= 4 is 18.3 Å². The summed E-state index contributed by atoms with van der Waals surface area (Å²) in [5, 5.41) is 3.05. The van der Waals surface area contributed by atoms with Gasteiger partial charge in [0.1, 0.15) is 0 Å². The van der Waals surface area contributed by atoms with Gasteiger partial charge in [-0.25, -0.2) is 0 Å². The molecule has 18 heavy (non-hydrogen) atoms. The van der Waals surface area contributed by atoms with Crippen molar-refractivity contribution in [2.45, 2.75) is 58.7 Å². The highest BCUT2D eigenvalue weighted by Crippen LogP contribution is 2.24. The van der Waals surface area contributed by atoms with Crippen molar-refractivity contribution in [3.05, 3.63) is 0 Å². The molecule has 1 fully saturated rings. The number of hydrogen-bond donors (Lipinski definition) is 2. The fraction of sp³-hybridized carbons (Fsp3) is 0.923. The minimum Gasteiger partial charge on any atom is -0.352 e. The molecule has 0 aromatic carbocycles. The van der Waals surface area contributed by atoms with Gasteiger partial charge in [0, 0.05) is 18.6 Å². The Labute approximate surface area is 117 Å². The molecule has 108 valence electrons. The first-order chi connectivity index (χ1) is 7.99. The van der Waals surface area contributed by atoms with Crippen LogP contribution in [0.1, 0.15) is 40.5 Å². The molecule has 5 heteroatoms. The largest absolute Gasteiger partial charge is 0.352 e. The maximum absolute atomic E-state index is 12.1. The highest BCUT2D eigenvalue weighted by molar-refractivity contribution is 5.85. The third-order valence-corrected chi connectivity index (χ3v) is 3.92. The van der Waals surface area contributed by atoms with Gasteiger partial charge in [-0.3, -0.25) is 9.69 Å². The molecule has 4 unspecified atom stereocenters. The minimum atomic E-state index is -0.0458. The van der Waals surface area contributed by atoms with E-state index in [0.29, 0.717) is 12.0 Å². The molecule has 0 radical (unpaired) electrons. The van der Waals surface area contributed by atoms with Gasteiger partial charge in [-0.05, 0) is 46.1 Å². The lowest BCUT2D eigenvalue weighted by atomic mass is 10.1. The highest BCUT2D eigenvalue weighted by atomic mass is 35.5. The zero-order valence-electron chi connectivity index (χ0n) is 12.0. The average molecular weight is 278 g/mol. The number of nitrogens with zero attached hydrogens (tertiary/aromatic N) is 1. The van der Waals surface area contributed by atoms with Crippen molar-refractivity contribution in [1.29, 1.82) is 0 Å². The molecule has 1 rings (SSSR count). The van der Waals surface area contributed by atoms with Crippen LogP contribution in [0.4, 0.5) is 0 Å². The molecule has 1 heterocycles. The molecule has 1 saturated heterocycles. The van der Waals surface area contributed by atoms with Gasteiger partial charge in [-0.15, -0.1) is 12.4 Å². The van der Waals surface area contributed by atoms with Crippen LogP contribution in [-0.2, 0) is 4.79 Å². The van der Waals surface area contributed by atoms with Crippen molar-refractivity contribution in [1.82, 2.24) is 10.2 Å². The Morgan fingerprint density at radius 2 is 2.11 bits per heavy atom. The number of halogens is 1. The van der Waals surface area contributed by atoms with Crippen molar-refractivity contribution in [3.63, 3.8) is 0 Å². The van der Waals surface area contributed by atoms with Gasteiger partial charge in [0.2, 0.25) is 5.91 Å². The second-order valence-corrected chi connectivity index (χ2v) is 5.38. The van der Waals surface area contributed by atoms with E-state index in [9.17, 15) is 4.79 Å². The van der Waals surface area contributed by atoms with Crippen LogP contribution in [0.25, 0.3) is 0 Å². The number of carbonyl (C=O) groups excluding carboxylic acids is 1. The second kappa shape index (κ2) is 7.97.